The summed E-state index contributed by atoms with van der Waals surface area (Å²) in [6.07, 6.45) is 0. The molecule has 0 spiro atoms. The van der Waals surface area contributed by atoms with E-state index in [2.05, 4.69) is 5.32 Å². The van der Waals surface area contributed by atoms with Crippen LogP contribution in [-0.4, -0.2) is 33.4 Å². The molecule has 8 heteroatoms. The molecular formula is C14H15AsN2O5. The molecule has 0 saturated carbocycles. The first-order valence-corrected chi connectivity index (χ1v) is 9.64. The number of carbonyl (C=O) groups excluding carboxylic acids is 1. The van der Waals surface area contributed by atoms with E-state index >= 15 is 0 Å². The Morgan fingerprint density at radius 1 is 1.23 bits per heavy atom. The van der Waals surface area contributed by atoms with Crippen molar-refractivity contribution in [3.8, 4) is 16.9 Å². The number of hydrogen-bond donors (Lipinski definition) is 5. The Hall–Kier alpha value is -2.21. The van der Waals surface area contributed by atoms with Crippen LogP contribution in [0.4, 0.5) is 11.4 Å². The molecular weight excluding hydrogens is 351 g/mol. The van der Waals surface area contributed by atoms with Gasteiger partial charge in [-0.15, -0.1) is 0 Å². The van der Waals surface area contributed by atoms with Crippen LogP contribution in [0.5, 0.6) is 5.75 Å². The van der Waals surface area contributed by atoms with Crippen LogP contribution in [0.25, 0.3) is 11.1 Å². The topological polar surface area (TPSA) is 133 Å². The van der Waals surface area contributed by atoms with Gasteiger partial charge >= 0.3 is 129 Å². The third kappa shape index (κ3) is 3.17. The zero-order valence-electron chi connectivity index (χ0n) is 11.6. The number of nitrogen functional groups attached to an aromatic ring is 1. The summed E-state index contributed by atoms with van der Waals surface area (Å²) in [5.74, 6) is -1.17. The molecule has 0 unspecified atom stereocenters. The van der Waals surface area contributed by atoms with Crippen molar-refractivity contribution in [2.24, 2.45) is 0 Å². The zero-order chi connectivity index (χ0) is 16.5. The first-order chi connectivity index (χ1) is 10.2. The molecule has 2 aromatic rings. The van der Waals surface area contributed by atoms with E-state index < -0.39 is 30.2 Å². The van der Waals surface area contributed by atoms with Gasteiger partial charge in [0.15, 0.2) is 0 Å². The molecule has 0 radical (unpaired) electrons. The molecule has 0 aromatic heterocycles. The Balaban J connectivity index is 2.81. The number of benzene rings is 2. The number of carbonyl (C=O) groups is 1. The van der Waals surface area contributed by atoms with Crippen molar-refractivity contribution in [2.75, 3.05) is 11.1 Å². The van der Waals surface area contributed by atoms with Gasteiger partial charge in [0.2, 0.25) is 0 Å². The van der Waals surface area contributed by atoms with E-state index in [1.54, 1.807) is 30.3 Å². The van der Waals surface area contributed by atoms with Gasteiger partial charge in [-0.3, -0.25) is 0 Å². The summed E-state index contributed by atoms with van der Waals surface area (Å²) < 4.78 is 29.7. The summed E-state index contributed by atoms with van der Waals surface area (Å²) in [6.45, 7) is 1.22. The number of amides is 1. The summed E-state index contributed by atoms with van der Waals surface area (Å²) in [6, 6.07) is 9.72. The van der Waals surface area contributed by atoms with Gasteiger partial charge in [-0.05, 0) is 0 Å². The second-order valence-corrected chi connectivity index (χ2v) is 7.97. The summed E-state index contributed by atoms with van der Waals surface area (Å²) in [5, 5.41) is 12.6. The third-order valence-electron chi connectivity index (χ3n) is 2.99. The quantitative estimate of drug-likeness (QED) is 0.228. The van der Waals surface area contributed by atoms with E-state index in [4.69, 9.17) is 5.73 Å². The maximum absolute atomic E-state index is 11.5. The predicted molar refractivity (Wildman–Crippen MR) is 82.8 cm³/mol. The summed E-state index contributed by atoms with van der Waals surface area (Å²) in [4.78, 5) is 11.4. The molecule has 0 fully saturated rings. The van der Waals surface area contributed by atoms with Crippen molar-refractivity contribution in [2.45, 2.75) is 6.92 Å². The Morgan fingerprint density at radius 2 is 1.82 bits per heavy atom. The molecule has 0 atom stereocenters. The van der Waals surface area contributed by atoms with E-state index in [-0.39, 0.29) is 11.4 Å². The predicted octanol–water partition coefficient (Wildman–Crippen LogP) is 0.161. The number of aromatic hydroxyl groups is 1. The Kier molecular flexibility index (Phi) is 4.32. The van der Waals surface area contributed by atoms with Crippen LogP contribution >= 0.6 is 0 Å². The van der Waals surface area contributed by atoms with Crippen LogP contribution in [0.3, 0.4) is 0 Å². The van der Waals surface area contributed by atoms with Crippen LogP contribution in [0.1, 0.15) is 6.92 Å². The molecule has 0 aliphatic carbocycles. The van der Waals surface area contributed by atoms with E-state index in [1.165, 1.54) is 6.92 Å². The maximum atomic E-state index is 11.5. The second-order valence-electron chi connectivity index (χ2n) is 4.67. The number of nitrogens with one attached hydrogen (secondary N) is 1. The van der Waals surface area contributed by atoms with E-state index in [1.807, 2.05) is 0 Å². The van der Waals surface area contributed by atoms with Crippen LogP contribution in [0.2, 0.25) is 0 Å². The van der Waals surface area contributed by atoms with Crippen molar-refractivity contribution in [1.29, 1.82) is 0 Å². The zero-order valence-corrected chi connectivity index (χ0v) is 13.5. The van der Waals surface area contributed by atoms with Gasteiger partial charge in [0, 0.05) is 0 Å². The van der Waals surface area contributed by atoms with Crippen molar-refractivity contribution in [3.05, 3.63) is 36.4 Å². The minimum absolute atomic E-state index is 0.0486. The normalized spacial score (nSPS) is 11.2. The minimum atomic E-state index is -5.40. The molecule has 0 heterocycles. The summed E-state index contributed by atoms with van der Waals surface area (Å²) >= 11 is -5.40. The molecule has 2 rings (SSSR count). The van der Waals surface area contributed by atoms with E-state index in [0.29, 0.717) is 11.1 Å². The summed E-state index contributed by atoms with van der Waals surface area (Å²) in [5.41, 5.74) is 6.74. The molecule has 7 nitrogen and oxygen atoms in total. The molecule has 0 aliphatic heterocycles. The first-order valence-electron chi connectivity index (χ1n) is 6.26. The number of anilines is 2. The van der Waals surface area contributed by atoms with Gasteiger partial charge in [0.1, 0.15) is 0 Å². The summed E-state index contributed by atoms with van der Waals surface area (Å²) in [7, 11) is 0. The fourth-order valence-corrected chi connectivity index (χ4v) is 3.57. The standard InChI is InChI=1S/C14H15AsN2O5/c1-8(18)17-13-12(9-5-3-2-4-6-9)11(16)7-10(14(13)19)15(20,21)22/h2-7,19H,16H2,1H3,(H,17,18)(H2,20,21,22). The van der Waals surface area contributed by atoms with E-state index in [9.17, 15) is 21.8 Å². The Morgan fingerprint density at radius 3 is 2.32 bits per heavy atom. The molecule has 2 aromatic carbocycles. The van der Waals surface area contributed by atoms with Gasteiger partial charge in [-0.1, -0.05) is 0 Å². The molecule has 0 bridgehead atoms. The fourth-order valence-electron chi connectivity index (χ4n) is 2.11. The second kappa shape index (κ2) is 5.88. The first kappa shape index (κ1) is 16.2. The number of rotatable bonds is 3. The number of phenolic OH excluding ortho intramolecular Hbond substituents is 1. The third-order valence-corrected chi connectivity index (χ3v) is 5.02. The molecule has 1 amide bonds. The fraction of sp³-hybridized carbons (Fsp3) is 0.0714. The monoisotopic (exact) mass is 366 g/mol. The Bertz CT molecular complexity index is 771. The van der Waals surface area contributed by atoms with Crippen molar-refractivity contribution in [3.63, 3.8) is 0 Å². The van der Waals surface area contributed by atoms with Gasteiger partial charge < -0.3 is 0 Å². The van der Waals surface area contributed by atoms with Crippen LogP contribution in [0.15, 0.2) is 36.4 Å². The molecule has 6 N–H and O–H groups in total. The Labute approximate surface area is 129 Å². The van der Waals surface area contributed by atoms with Crippen LogP contribution < -0.4 is 15.4 Å². The van der Waals surface area contributed by atoms with Gasteiger partial charge in [-0.25, -0.2) is 0 Å². The van der Waals surface area contributed by atoms with Gasteiger partial charge in [0.25, 0.3) is 0 Å². The molecule has 0 aliphatic rings. The number of nitrogens with two attached hydrogens (primary N) is 1. The van der Waals surface area contributed by atoms with E-state index in [0.717, 1.165) is 6.07 Å². The molecule has 0 saturated heterocycles. The SMILES string of the molecule is CC(=O)Nc1c(O)c([As](=O)(O)O)cc(N)c1-c1ccccc1. The number of hydrogen-bond acceptors (Lipinski definition) is 4. The average molecular weight is 366 g/mol. The van der Waals surface area contributed by atoms with Crippen molar-refractivity contribution >= 4 is 35.8 Å². The molecule has 22 heavy (non-hydrogen) atoms. The van der Waals surface area contributed by atoms with Gasteiger partial charge in [0.05, 0.1) is 0 Å². The average Bonchev–Trinajstić information content (AvgIpc) is 2.42. The van der Waals surface area contributed by atoms with Crippen LogP contribution in [-0.2, 0) is 8.53 Å². The van der Waals surface area contributed by atoms with Crippen molar-refractivity contribution < 1.29 is 21.8 Å². The van der Waals surface area contributed by atoms with Crippen molar-refractivity contribution in [1.82, 2.24) is 0 Å². The van der Waals surface area contributed by atoms with Crippen LogP contribution in [0, 0.1) is 0 Å². The number of phenols is 1. The molecule has 116 valence electrons. The van der Waals surface area contributed by atoms with Gasteiger partial charge in [-0.2, -0.15) is 0 Å².